The molecule has 1 aliphatic heterocycles. The Bertz CT molecular complexity index is 1410. The molecule has 1 unspecified atom stereocenters. The van der Waals surface area contributed by atoms with Crippen LogP contribution in [0.4, 0.5) is 0 Å². The van der Waals surface area contributed by atoms with Crippen LogP contribution in [-0.2, 0) is 0 Å². The van der Waals surface area contributed by atoms with Crippen LogP contribution in [0.25, 0.3) is 20.5 Å². The highest BCUT2D eigenvalue weighted by Crippen LogP contribution is 2.41. The maximum absolute atomic E-state index is 14.0. The van der Waals surface area contributed by atoms with Gasteiger partial charge in [0.2, 0.25) is 0 Å². The van der Waals surface area contributed by atoms with Crippen molar-refractivity contribution >= 4 is 27.2 Å². The van der Waals surface area contributed by atoms with E-state index in [2.05, 4.69) is 11.8 Å². The predicted molar refractivity (Wildman–Crippen MR) is 164 cm³/mol. The summed E-state index contributed by atoms with van der Waals surface area (Å²) in [6.45, 7) is 5.55. The zero-order valence-electron chi connectivity index (χ0n) is 23.8. The van der Waals surface area contributed by atoms with Crippen molar-refractivity contribution in [3.63, 3.8) is 0 Å². The van der Waals surface area contributed by atoms with E-state index >= 15 is 0 Å². The molecule has 1 fully saturated rings. The number of benzene rings is 3. The SMILES string of the molecule is CCCCCCN1CCCC(Oc2ccc(C(=O)c3c(-c4ccc(OC)cc4)sc4cc(OC)ccc34)cc2)C1. The van der Waals surface area contributed by atoms with Crippen LogP contribution in [0.5, 0.6) is 17.2 Å². The fraction of sp³-hybridized carbons (Fsp3) is 0.382. The van der Waals surface area contributed by atoms with Gasteiger partial charge in [-0.2, -0.15) is 0 Å². The quantitative estimate of drug-likeness (QED) is 0.130. The smallest absolute Gasteiger partial charge is 0.195 e. The molecule has 5 rings (SSSR count). The lowest BCUT2D eigenvalue weighted by atomic mass is 9.97. The second kappa shape index (κ2) is 13.3. The Balaban J connectivity index is 1.35. The number of nitrogens with zero attached hydrogens (tertiary/aromatic N) is 1. The van der Waals surface area contributed by atoms with Crippen molar-refractivity contribution in [2.24, 2.45) is 0 Å². The molecule has 40 heavy (non-hydrogen) atoms. The first kappa shape index (κ1) is 28.2. The molecule has 4 aromatic rings. The summed E-state index contributed by atoms with van der Waals surface area (Å²) in [7, 11) is 3.31. The number of rotatable bonds is 12. The minimum Gasteiger partial charge on any atom is -0.497 e. The van der Waals surface area contributed by atoms with Gasteiger partial charge < -0.3 is 14.2 Å². The van der Waals surface area contributed by atoms with Gasteiger partial charge in [0, 0.05) is 32.6 Å². The number of thiophene rings is 1. The molecule has 3 aromatic carbocycles. The van der Waals surface area contributed by atoms with Crippen molar-refractivity contribution in [1.82, 2.24) is 4.90 Å². The second-order valence-electron chi connectivity index (χ2n) is 10.5. The van der Waals surface area contributed by atoms with Crippen LogP contribution in [0.2, 0.25) is 0 Å². The van der Waals surface area contributed by atoms with Crippen LogP contribution >= 0.6 is 11.3 Å². The molecule has 0 amide bonds. The highest BCUT2D eigenvalue weighted by Gasteiger charge is 2.23. The molecule has 0 aliphatic carbocycles. The van der Waals surface area contributed by atoms with Gasteiger partial charge in [-0.3, -0.25) is 9.69 Å². The summed E-state index contributed by atoms with van der Waals surface area (Å²) in [5.41, 5.74) is 2.35. The molecule has 2 heterocycles. The summed E-state index contributed by atoms with van der Waals surface area (Å²) >= 11 is 1.61. The summed E-state index contributed by atoms with van der Waals surface area (Å²) in [5, 5.41) is 0.933. The monoisotopic (exact) mass is 557 g/mol. The molecule has 1 saturated heterocycles. The van der Waals surface area contributed by atoms with Gasteiger partial charge in [-0.05, 0) is 105 Å². The van der Waals surface area contributed by atoms with E-state index in [0.717, 1.165) is 63.8 Å². The molecule has 0 spiro atoms. The highest BCUT2D eigenvalue weighted by atomic mass is 32.1. The molecule has 0 N–H and O–H groups in total. The number of carbonyl (C=O) groups is 1. The van der Waals surface area contributed by atoms with Gasteiger partial charge in [0.1, 0.15) is 23.4 Å². The molecule has 5 nitrogen and oxygen atoms in total. The van der Waals surface area contributed by atoms with E-state index in [1.54, 1.807) is 25.6 Å². The zero-order valence-corrected chi connectivity index (χ0v) is 24.6. The lowest BCUT2D eigenvalue weighted by molar-refractivity contribution is 0.0874. The Kier molecular flexibility index (Phi) is 9.40. The minimum atomic E-state index is 0.00436. The third-order valence-corrected chi connectivity index (χ3v) is 8.89. The number of methoxy groups -OCH3 is 2. The van der Waals surface area contributed by atoms with Crippen molar-refractivity contribution < 1.29 is 19.0 Å². The molecular weight excluding hydrogens is 518 g/mol. The number of hydrogen-bond donors (Lipinski definition) is 0. The van der Waals surface area contributed by atoms with Gasteiger partial charge in [-0.1, -0.05) is 26.2 Å². The lowest BCUT2D eigenvalue weighted by Crippen LogP contribution is -2.41. The number of unbranched alkanes of at least 4 members (excludes halogenated alkanes) is 3. The van der Waals surface area contributed by atoms with E-state index in [-0.39, 0.29) is 11.9 Å². The van der Waals surface area contributed by atoms with Crippen molar-refractivity contribution in [2.75, 3.05) is 33.9 Å². The van der Waals surface area contributed by atoms with Gasteiger partial charge in [0.05, 0.1) is 14.2 Å². The molecule has 1 aliphatic rings. The highest BCUT2D eigenvalue weighted by molar-refractivity contribution is 7.22. The standard InChI is InChI=1S/C34H39NO4S/c1-4-5-6-7-20-35-21-8-9-29(23-35)39-27-16-10-24(11-17-27)33(36)32-30-19-18-28(38-3)22-31(30)40-34(32)25-12-14-26(37-2)15-13-25/h10-19,22,29H,4-9,20-21,23H2,1-3H3. The first-order valence-corrected chi connectivity index (χ1v) is 15.2. The van der Waals surface area contributed by atoms with Crippen LogP contribution in [0.1, 0.15) is 61.4 Å². The average Bonchev–Trinajstić information content (AvgIpc) is 3.38. The fourth-order valence-electron chi connectivity index (χ4n) is 5.47. The van der Waals surface area contributed by atoms with Crippen molar-refractivity contribution in [1.29, 1.82) is 0 Å². The van der Waals surface area contributed by atoms with Crippen molar-refractivity contribution in [2.45, 2.75) is 51.6 Å². The summed E-state index contributed by atoms with van der Waals surface area (Å²) in [6.07, 6.45) is 7.58. The maximum Gasteiger partial charge on any atom is 0.195 e. The summed E-state index contributed by atoms with van der Waals surface area (Å²) in [4.78, 5) is 17.5. The van der Waals surface area contributed by atoms with Crippen LogP contribution < -0.4 is 14.2 Å². The van der Waals surface area contributed by atoms with Crippen LogP contribution in [0, 0.1) is 0 Å². The first-order chi connectivity index (χ1) is 19.6. The Morgan fingerprint density at radius 2 is 1.62 bits per heavy atom. The Morgan fingerprint density at radius 3 is 2.35 bits per heavy atom. The molecule has 6 heteroatoms. The lowest BCUT2D eigenvalue weighted by Gasteiger charge is -2.32. The van der Waals surface area contributed by atoms with Gasteiger partial charge in [0.15, 0.2) is 5.78 Å². The molecule has 0 bridgehead atoms. The van der Waals surface area contributed by atoms with Crippen LogP contribution in [0.15, 0.2) is 66.7 Å². The molecule has 1 aromatic heterocycles. The van der Waals surface area contributed by atoms with E-state index in [1.807, 2.05) is 66.7 Å². The number of carbonyl (C=O) groups excluding carboxylic acids is 1. The molecule has 210 valence electrons. The van der Waals surface area contributed by atoms with Crippen molar-refractivity contribution in [3.8, 4) is 27.7 Å². The molecule has 0 saturated carbocycles. The number of ketones is 1. The Hall–Kier alpha value is -3.35. The predicted octanol–water partition coefficient (Wildman–Crippen LogP) is 8.24. The summed E-state index contributed by atoms with van der Waals surface area (Å²) in [6, 6.07) is 21.4. The number of likely N-dealkylation sites (tertiary alicyclic amines) is 1. The Labute approximate surface area is 241 Å². The number of hydrogen-bond acceptors (Lipinski definition) is 6. The normalized spacial score (nSPS) is 15.7. The second-order valence-corrected chi connectivity index (χ2v) is 11.5. The van der Waals surface area contributed by atoms with Gasteiger partial charge in [-0.15, -0.1) is 11.3 Å². The van der Waals surface area contributed by atoms with Gasteiger partial charge in [0.25, 0.3) is 0 Å². The number of ether oxygens (including phenoxy) is 3. The largest absolute Gasteiger partial charge is 0.497 e. The molecule has 0 radical (unpaired) electrons. The van der Waals surface area contributed by atoms with Crippen LogP contribution in [-0.4, -0.2) is 50.6 Å². The van der Waals surface area contributed by atoms with E-state index in [1.165, 1.54) is 32.1 Å². The third-order valence-electron chi connectivity index (χ3n) is 7.69. The number of piperidine rings is 1. The molecular formula is C34H39NO4S. The number of fused-ring (bicyclic) bond motifs is 1. The van der Waals surface area contributed by atoms with E-state index in [4.69, 9.17) is 14.2 Å². The van der Waals surface area contributed by atoms with E-state index in [0.29, 0.717) is 11.1 Å². The topological polar surface area (TPSA) is 48.0 Å². The zero-order chi connectivity index (χ0) is 27.9. The van der Waals surface area contributed by atoms with Crippen LogP contribution in [0.3, 0.4) is 0 Å². The van der Waals surface area contributed by atoms with Gasteiger partial charge in [-0.25, -0.2) is 0 Å². The summed E-state index contributed by atoms with van der Waals surface area (Å²) < 4.78 is 18.2. The first-order valence-electron chi connectivity index (χ1n) is 14.4. The maximum atomic E-state index is 14.0. The van der Waals surface area contributed by atoms with E-state index < -0.39 is 0 Å². The minimum absolute atomic E-state index is 0.00436. The van der Waals surface area contributed by atoms with E-state index in [9.17, 15) is 4.79 Å². The summed E-state index contributed by atoms with van der Waals surface area (Å²) in [5.74, 6) is 2.39. The Morgan fingerprint density at radius 1 is 0.900 bits per heavy atom. The van der Waals surface area contributed by atoms with Gasteiger partial charge >= 0.3 is 0 Å². The fourth-order valence-corrected chi connectivity index (χ4v) is 6.70. The third kappa shape index (κ3) is 6.51. The average molecular weight is 558 g/mol. The molecule has 1 atom stereocenters. The van der Waals surface area contributed by atoms with Crippen molar-refractivity contribution in [3.05, 3.63) is 77.9 Å².